The summed E-state index contributed by atoms with van der Waals surface area (Å²) in [6.07, 6.45) is 7.39. The monoisotopic (exact) mass is 668 g/mol. The molecule has 0 amide bonds. The maximum absolute atomic E-state index is 3.32. The van der Waals surface area contributed by atoms with E-state index in [0.717, 1.165) is 12.8 Å². The Bertz CT molecular complexity index is 1800. The van der Waals surface area contributed by atoms with Gasteiger partial charge in [-0.1, -0.05) is 96.1 Å². The topological polar surface area (TPSA) is 0 Å². The van der Waals surface area contributed by atoms with Crippen LogP contribution in [0.3, 0.4) is 0 Å². The summed E-state index contributed by atoms with van der Waals surface area (Å²) < 4.78 is 1.42. The van der Waals surface area contributed by atoms with Crippen LogP contribution in [-0.4, -0.2) is 3.21 Å². The van der Waals surface area contributed by atoms with Crippen molar-refractivity contribution in [1.29, 1.82) is 0 Å². The minimum atomic E-state index is 0. The molecule has 0 aliphatic heterocycles. The molecule has 0 bridgehead atoms. The molecule has 0 saturated carbocycles. The molecule has 46 heavy (non-hydrogen) atoms. The Labute approximate surface area is 291 Å². The predicted octanol–water partition coefficient (Wildman–Crippen LogP) is 11.1. The molecule has 226 valence electrons. The molecule has 0 saturated heterocycles. The summed E-state index contributed by atoms with van der Waals surface area (Å²) in [6.45, 7) is 0. The quantitative estimate of drug-likeness (QED) is 0.164. The summed E-state index contributed by atoms with van der Waals surface area (Å²) in [5.74, 6) is 0. The fraction of sp³-hybridized carbons (Fsp3) is 0.0444. The minimum absolute atomic E-state index is 0. The van der Waals surface area contributed by atoms with E-state index in [9.17, 15) is 0 Å². The Balaban J connectivity index is 0.000000155. The molecular weight excluding hydrogens is 632 g/mol. The Kier molecular flexibility index (Phi) is 12.9. The fourth-order valence-corrected chi connectivity index (χ4v) is 6.40. The molecule has 0 heterocycles. The van der Waals surface area contributed by atoms with Gasteiger partial charge in [0.05, 0.1) is 0 Å². The first-order valence-electron chi connectivity index (χ1n) is 15.0. The second-order valence-electron chi connectivity index (χ2n) is 10.7. The summed E-state index contributed by atoms with van der Waals surface area (Å²) >= 11 is 1.46. The Morgan fingerprint density at radius 1 is 0.522 bits per heavy atom. The van der Waals surface area contributed by atoms with E-state index < -0.39 is 0 Å². The van der Waals surface area contributed by atoms with Crippen molar-refractivity contribution in [3.63, 3.8) is 0 Å². The van der Waals surface area contributed by atoms with Crippen LogP contribution >= 0.6 is 0 Å². The third-order valence-electron chi connectivity index (χ3n) is 7.80. The Hall–Kier alpha value is -4.45. The second kappa shape index (κ2) is 17.3. The maximum Gasteiger partial charge on any atom is -0.0253 e. The van der Waals surface area contributed by atoms with Crippen LogP contribution < -0.4 is 0 Å². The van der Waals surface area contributed by atoms with E-state index in [-0.39, 0.29) is 14.9 Å². The molecule has 2 aliphatic carbocycles. The average molecular weight is 670 g/mol. The number of hydrogen-bond acceptors (Lipinski definition) is 0. The average Bonchev–Trinajstić information content (AvgIpc) is 3.76. The second-order valence-corrected chi connectivity index (χ2v) is 11.9. The van der Waals surface area contributed by atoms with Crippen LogP contribution in [0, 0.1) is 27.0 Å². The fourth-order valence-electron chi connectivity index (χ4n) is 5.58. The van der Waals surface area contributed by atoms with Gasteiger partial charge in [-0.15, -0.1) is 23.1 Å². The SMILES string of the molecule is [C-]1=CC(c2ccccc2)=C(c2ccccc2)C1.[CH3-].[CH3-].[Zr]=[C](c1ccccc1)c1ccccc1.[c-]1cccc2c1Cc1ccccc1-2. The van der Waals surface area contributed by atoms with E-state index in [2.05, 4.69) is 176 Å². The van der Waals surface area contributed by atoms with Crippen molar-refractivity contribution in [1.82, 2.24) is 0 Å². The van der Waals surface area contributed by atoms with Crippen molar-refractivity contribution >= 4 is 14.4 Å². The molecule has 0 fully saturated rings. The molecule has 6 aromatic rings. The first-order chi connectivity index (χ1) is 21.8. The van der Waals surface area contributed by atoms with E-state index in [1.54, 1.807) is 0 Å². The van der Waals surface area contributed by atoms with Crippen LogP contribution in [0.15, 0.2) is 170 Å². The molecule has 0 aromatic heterocycles. The van der Waals surface area contributed by atoms with Crippen molar-refractivity contribution < 1.29 is 24.2 Å². The molecule has 0 atom stereocenters. The smallest absolute Gasteiger partial charge is 0.0253 e. The van der Waals surface area contributed by atoms with Gasteiger partial charge in [-0.25, -0.2) is 6.08 Å². The van der Waals surface area contributed by atoms with Crippen molar-refractivity contribution in [3.05, 3.63) is 230 Å². The Morgan fingerprint density at radius 3 is 1.63 bits per heavy atom. The maximum atomic E-state index is 3.32. The molecule has 0 unspecified atom stereocenters. The summed E-state index contributed by atoms with van der Waals surface area (Å²) in [5, 5.41) is 0. The zero-order valence-electron chi connectivity index (χ0n) is 26.6. The van der Waals surface area contributed by atoms with Gasteiger partial charge in [-0.3, -0.25) is 6.08 Å². The molecule has 6 aromatic carbocycles. The molecule has 1 heteroatoms. The molecule has 0 N–H and O–H groups in total. The van der Waals surface area contributed by atoms with Crippen LogP contribution in [0.25, 0.3) is 22.3 Å². The van der Waals surface area contributed by atoms with E-state index >= 15 is 0 Å². The summed E-state index contributed by atoms with van der Waals surface area (Å²) in [7, 11) is 0. The van der Waals surface area contributed by atoms with Gasteiger partial charge in [0.1, 0.15) is 0 Å². The van der Waals surface area contributed by atoms with E-state index in [0.29, 0.717) is 0 Å². The van der Waals surface area contributed by atoms with Gasteiger partial charge in [0.2, 0.25) is 0 Å². The van der Waals surface area contributed by atoms with Crippen molar-refractivity contribution in [2.75, 3.05) is 0 Å². The van der Waals surface area contributed by atoms with Crippen LogP contribution in [0.5, 0.6) is 0 Å². The number of benzene rings is 6. The predicted molar refractivity (Wildman–Crippen MR) is 195 cm³/mol. The summed E-state index contributed by atoms with van der Waals surface area (Å²) in [6, 6.07) is 60.3. The van der Waals surface area contributed by atoms with Crippen molar-refractivity contribution in [2.24, 2.45) is 0 Å². The van der Waals surface area contributed by atoms with Crippen LogP contribution in [0.1, 0.15) is 39.8 Å². The van der Waals surface area contributed by atoms with Gasteiger partial charge in [-0.2, -0.15) is 35.4 Å². The zero-order valence-corrected chi connectivity index (χ0v) is 29.0. The van der Waals surface area contributed by atoms with Crippen LogP contribution in [-0.2, 0) is 30.7 Å². The molecular formula is C45H38Zr-4. The molecule has 0 spiro atoms. The van der Waals surface area contributed by atoms with E-state index in [4.69, 9.17) is 0 Å². The van der Waals surface area contributed by atoms with Gasteiger partial charge in [0.15, 0.2) is 0 Å². The molecule has 0 nitrogen and oxygen atoms in total. The van der Waals surface area contributed by atoms with E-state index in [1.165, 1.54) is 83.1 Å². The normalized spacial score (nSPS) is 11.7. The molecule has 8 rings (SSSR count). The van der Waals surface area contributed by atoms with Gasteiger partial charge in [0, 0.05) is 0 Å². The van der Waals surface area contributed by atoms with Gasteiger partial charge in [-0.05, 0) is 12.0 Å². The molecule has 2 aliphatic rings. The largest absolute Gasteiger partial charge is 0.179 e. The van der Waals surface area contributed by atoms with Crippen LogP contribution in [0.4, 0.5) is 0 Å². The number of allylic oxidation sites excluding steroid dienone is 4. The summed E-state index contributed by atoms with van der Waals surface area (Å²) in [5.41, 5.74) is 13.4. The summed E-state index contributed by atoms with van der Waals surface area (Å²) in [4.78, 5) is 0. The first-order valence-corrected chi connectivity index (χ1v) is 16.2. The minimum Gasteiger partial charge on any atom is -0.179 e. The third kappa shape index (κ3) is 8.42. The van der Waals surface area contributed by atoms with Crippen molar-refractivity contribution in [3.8, 4) is 11.1 Å². The first kappa shape index (κ1) is 34.4. The number of fused-ring (bicyclic) bond motifs is 3. The van der Waals surface area contributed by atoms with Crippen LogP contribution in [0.2, 0.25) is 0 Å². The van der Waals surface area contributed by atoms with Crippen molar-refractivity contribution in [2.45, 2.75) is 12.8 Å². The van der Waals surface area contributed by atoms with Gasteiger partial charge < -0.3 is 14.9 Å². The van der Waals surface area contributed by atoms with Gasteiger partial charge in [0.25, 0.3) is 0 Å². The zero-order chi connectivity index (χ0) is 30.0. The Morgan fingerprint density at radius 2 is 1.02 bits per heavy atom. The third-order valence-corrected chi connectivity index (χ3v) is 9.22. The molecule has 0 radical (unpaired) electrons. The van der Waals surface area contributed by atoms with E-state index in [1.807, 2.05) is 6.07 Å². The van der Waals surface area contributed by atoms with Gasteiger partial charge >= 0.3 is 99.2 Å². The number of hydrogen-bond donors (Lipinski definition) is 0. The number of rotatable bonds is 4. The standard InChI is InChI=1S/C17H13.C13H9.C13H10.2CH3.Zr/c1-3-8-14(9-4-1)16-12-7-13-17(16)15-10-5-2-6-11-15;1-3-7-12-10(5-1)9-11-6-2-4-8-13(11)12;1-3-7-12(8-4-1)11-13-9-5-2-6-10-13;;;/h1-6,8-12H,13H2;1-5,7-8H,9H2;1-10H;2*1H3;/q2*-1;;2*-1;.